The maximum absolute atomic E-state index is 13.6. The number of hydrogen-bond acceptors (Lipinski definition) is 3. The molecule has 0 spiro atoms. The summed E-state index contributed by atoms with van der Waals surface area (Å²) in [4.78, 5) is 3.26. The van der Waals surface area contributed by atoms with Gasteiger partial charge in [-0.2, -0.15) is 4.39 Å². The molecule has 22 heavy (non-hydrogen) atoms. The summed E-state index contributed by atoms with van der Waals surface area (Å²) in [7, 11) is 0. The molecule has 0 saturated carbocycles. The molecular weight excluding hydrogens is 314 g/mol. The van der Waals surface area contributed by atoms with Crippen LogP contribution in [0.5, 0.6) is 5.75 Å². The first kappa shape index (κ1) is 16.1. The molecule has 0 fully saturated rings. The molecule has 0 aliphatic rings. The van der Waals surface area contributed by atoms with E-state index in [1.165, 1.54) is 0 Å². The molecule has 0 radical (unpaired) electrons. The largest absolute Gasteiger partial charge is 0.573 e. The number of alkyl halides is 3. The van der Waals surface area contributed by atoms with Crippen molar-refractivity contribution in [2.75, 3.05) is 0 Å². The average molecular weight is 322 g/mol. The highest BCUT2D eigenvalue weighted by Gasteiger charge is 2.32. The van der Waals surface area contributed by atoms with Crippen LogP contribution in [0.15, 0.2) is 30.3 Å². The van der Waals surface area contributed by atoms with Crippen LogP contribution in [0.2, 0.25) is 0 Å². The molecule has 9 heteroatoms. The number of nitrogens with two attached hydrogens (primary N) is 1. The second-order valence-corrected chi connectivity index (χ2v) is 4.22. The van der Waals surface area contributed by atoms with Crippen LogP contribution in [0.25, 0.3) is 0 Å². The Bertz CT molecular complexity index is 689. The predicted octanol–water partition coefficient (Wildman–Crippen LogP) is 3.45. The molecule has 1 aromatic heterocycles. The maximum Gasteiger partial charge on any atom is 0.573 e. The Morgan fingerprint density at radius 3 is 2.27 bits per heavy atom. The average Bonchev–Trinajstić information content (AvgIpc) is 2.41. The van der Waals surface area contributed by atoms with Crippen LogP contribution in [0, 0.1) is 17.6 Å². The Kier molecular flexibility index (Phi) is 4.27. The summed E-state index contributed by atoms with van der Waals surface area (Å²) in [5.74, 6) is -4.33. The number of pyridine rings is 1. The third-order valence-electron chi connectivity index (χ3n) is 2.67. The van der Waals surface area contributed by atoms with Crippen LogP contribution in [-0.4, -0.2) is 11.3 Å². The summed E-state index contributed by atoms with van der Waals surface area (Å²) in [6, 6.07) is 2.53. The fourth-order valence-corrected chi connectivity index (χ4v) is 1.73. The van der Waals surface area contributed by atoms with E-state index in [1.54, 1.807) is 0 Å². The summed E-state index contributed by atoms with van der Waals surface area (Å²) >= 11 is 0. The molecule has 2 rings (SSSR count). The molecule has 0 aliphatic heterocycles. The molecule has 118 valence electrons. The van der Waals surface area contributed by atoms with Gasteiger partial charge in [0, 0.05) is 0 Å². The zero-order valence-electron chi connectivity index (χ0n) is 10.7. The van der Waals surface area contributed by atoms with E-state index < -0.39 is 41.4 Å². The van der Waals surface area contributed by atoms with Crippen molar-refractivity contribution in [3.05, 3.63) is 59.2 Å². The minimum Gasteiger partial charge on any atom is -0.403 e. The van der Waals surface area contributed by atoms with Crippen LogP contribution >= 0.6 is 0 Å². The Hall–Kier alpha value is -2.29. The molecular formula is C13H8F6N2O. The highest BCUT2D eigenvalue weighted by Crippen LogP contribution is 2.29. The van der Waals surface area contributed by atoms with E-state index in [4.69, 9.17) is 5.73 Å². The van der Waals surface area contributed by atoms with Gasteiger partial charge in [-0.1, -0.05) is 6.07 Å². The van der Waals surface area contributed by atoms with E-state index in [9.17, 15) is 26.3 Å². The van der Waals surface area contributed by atoms with Gasteiger partial charge in [-0.15, -0.1) is 13.2 Å². The molecule has 0 amide bonds. The van der Waals surface area contributed by atoms with Gasteiger partial charge in [0.15, 0.2) is 11.6 Å². The molecule has 2 N–H and O–H groups in total. The van der Waals surface area contributed by atoms with Crippen molar-refractivity contribution in [1.29, 1.82) is 0 Å². The van der Waals surface area contributed by atoms with Crippen LogP contribution in [0.1, 0.15) is 17.3 Å². The lowest BCUT2D eigenvalue weighted by molar-refractivity contribution is -0.275. The summed E-state index contributed by atoms with van der Waals surface area (Å²) in [6.07, 6.45) is -5.05. The third kappa shape index (κ3) is 3.67. The number of ether oxygens (including phenoxy) is 1. The van der Waals surface area contributed by atoms with Crippen molar-refractivity contribution in [2.24, 2.45) is 5.73 Å². The highest BCUT2D eigenvalue weighted by atomic mass is 19.4. The molecule has 1 atom stereocenters. The van der Waals surface area contributed by atoms with Crippen LogP contribution in [-0.2, 0) is 0 Å². The third-order valence-corrected chi connectivity index (χ3v) is 2.67. The van der Waals surface area contributed by atoms with Crippen molar-refractivity contribution in [1.82, 2.24) is 4.98 Å². The smallest absolute Gasteiger partial charge is 0.403 e. The summed E-state index contributed by atoms with van der Waals surface area (Å²) in [6.45, 7) is 0. The fraction of sp³-hybridized carbons (Fsp3) is 0.154. The first-order chi connectivity index (χ1) is 10.2. The van der Waals surface area contributed by atoms with Gasteiger partial charge >= 0.3 is 6.36 Å². The minimum atomic E-state index is -5.05. The van der Waals surface area contributed by atoms with Crippen molar-refractivity contribution in [2.45, 2.75) is 12.4 Å². The van der Waals surface area contributed by atoms with Crippen LogP contribution in [0.3, 0.4) is 0 Å². The van der Waals surface area contributed by atoms with Gasteiger partial charge < -0.3 is 10.5 Å². The van der Waals surface area contributed by atoms with Gasteiger partial charge in [-0.3, -0.25) is 0 Å². The van der Waals surface area contributed by atoms with Crippen molar-refractivity contribution in [3.63, 3.8) is 0 Å². The standard InChI is InChI=1S/C13H8F6N2O/c14-7-2-4-10(16)21-12(7)11(20)6-1-3-9(8(15)5-6)22-13(17,18)19/h1-5,11H,20H2/t11-/m0/s1. The lowest BCUT2D eigenvalue weighted by atomic mass is 10.0. The Labute approximate surface area is 120 Å². The second kappa shape index (κ2) is 5.84. The van der Waals surface area contributed by atoms with Gasteiger partial charge in [0.25, 0.3) is 0 Å². The number of aromatic nitrogens is 1. The summed E-state index contributed by atoms with van der Waals surface area (Å²) in [5, 5.41) is 0. The summed E-state index contributed by atoms with van der Waals surface area (Å²) < 4.78 is 79.6. The molecule has 0 saturated heterocycles. The second-order valence-electron chi connectivity index (χ2n) is 4.22. The van der Waals surface area contributed by atoms with Crippen LogP contribution in [0.4, 0.5) is 26.3 Å². The lowest BCUT2D eigenvalue weighted by Gasteiger charge is -2.14. The first-order valence-electron chi connectivity index (χ1n) is 5.80. The molecule has 2 aromatic rings. The van der Waals surface area contributed by atoms with Gasteiger partial charge in [-0.25, -0.2) is 13.8 Å². The van der Waals surface area contributed by atoms with Crippen molar-refractivity contribution < 1.29 is 31.1 Å². The van der Waals surface area contributed by atoms with Gasteiger partial charge in [-0.05, 0) is 29.8 Å². The van der Waals surface area contributed by atoms with E-state index >= 15 is 0 Å². The molecule has 1 heterocycles. The van der Waals surface area contributed by atoms with E-state index in [1.807, 2.05) is 0 Å². The SMILES string of the molecule is N[C@@H](c1ccc(OC(F)(F)F)c(F)c1)c1nc(F)ccc1F. The number of nitrogens with zero attached hydrogens (tertiary/aromatic N) is 1. The highest BCUT2D eigenvalue weighted by molar-refractivity contribution is 5.34. The Morgan fingerprint density at radius 2 is 1.68 bits per heavy atom. The number of rotatable bonds is 3. The van der Waals surface area contributed by atoms with Gasteiger partial charge in [0.05, 0.1) is 6.04 Å². The number of hydrogen-bond donors (Lipinski definition) is 1. The zero-order valence-corrected chi connectivity index (χ0v) is 10.7. The maximum atomic E-state index is 13.6. The zero-order chi connectivity index (χ0) is 16.5. The number of halogens is 6. The Morgan fingerprint density at radius 1 is 1.00 bits per heavy atom. The number of benzene rings is 1. The quantitative estimate of drug-likeness (QED) is 0.695. The first-order valence-corrected chi connectivity index (χ1v) is 5.80. The molecule has 0 bridgehead atoms. The fourth-order valence-electron chi connectivity index (χ4n) is 1.73. The molecule has 0 aliphatic carbocycles. The topological polar surface area (TPSA) is 48.1 Å². The Balaban J connectivity index is 2.33. The van der Waals surface area contributed by atoms with Crippen molar-refractivity contribution in [3.8, 4) is 5.75 Å². The van der Waals surface area contributed by atoms with Gasteiger partial charge in [0.2, 0.25) is 5.95 Å². The van der Waals surface area contributed by atoms with Crippen LogP contribution < -0.4 is 10.5 Å². The van der Waals surface area contributed by atoms with E-state index in [0.29, 0.717) is 12.1 Å². The normalized spacial score (nSPS) is 13.0. The molecule has 0 unspecified atom stereocenters. The van der Waals surface area contributed by atoms with E-state index in [-0.39, 0.29) is 5.56 Å². The van der Waals surface area contributed by atoms with E-state index in [2.05, 4.69) is 9.72 Å². The monoisotopic (exact) mass is 322 g/mol. The van der Waals surface area contributed by atoms with Crippen molar-refractivity contribution >= 4 is 0 Å². The van der Waals surface area contributed by atoms with Gasteiger partial charge in [0.1, 0.15) is 11.5 Å². The lowest BCUT2D eigenvalue weighted by Crippen LogP contribution is -2.19. The molecule has 1 aromatic carbocycles. The van der Waals surface area contributed by atoms with E-state index in [0.717, 1.165) is 18.2 Å². The minimum absolute atomic E-state index is 0.0935. The predicted molar refractivity (Wildman–Crippen MR) is 63.3 cm³/mol. The summed E-state index contributed by atoms with van der Waals surface area (Å²) in [5.41, 5.74) is 5.04. The molecule has 3 nitrogen and oxygen atoms in total.